The zero-order chi connectivity index (χ0) is 10.5. The number of aliphatic hydroxyl groups is 1. The fourth-order valence-corrected chi connectivity index (χ4v) is 1.27. The molecule has 1 amide bonds. The molecule has 0 bridgehead atoms. The summed E-state index contributed by atoms with van der Waals surface area (Å²) in [5.74, 6) is -1.38. The number of primary amides is 1. The van der Waals surface area contributed by atoms with E-state index in [1.165, 1.54) is 0 Å². The largest absolute Gasteiger partial charge is 0.391 e. The Labute approximate surface area is 75.7 Å². The summed E-state index contributed by atoms with van der Waals surface area (Å²) in [4.78, 5) is 10.2. The molecule has 0 saturated heterocycles. The zero-order valence-corrected chi connectivity index (χ0v) is 7.62. The third kappa shape index (κ3) is 9.21. The van der Waals surface area contributed by atoms with E-state index in [4.69, 9.17) is 15.4 Å². The molecule has 0 aliphatic heterocycles. The normalized spacial score (nSPS) is 14.0. The van der Waals surface area contributed by atoms with Crippen molar-refractivity contribution in [2.24, 2.45) is 5.73 Å². The molecule has 1 atom stereocenters. The highest BCUT2D eigenvalue weighted by atomic mass is 32.2. The van der Waals surface area contributed by atoms with Gasteiger partial charge in [0.1, 0.15) is 5.75 Å². The molecule has 0 aromatic heterocycles. The molecule has 8 heteroatoms. The topological polar surface area (TPSA) is 130 Å². The molecule has 0 fully saturated rings. The molecule has 13 heavy (non-hydrogen) atoms. The monoisotopic (exact) mass is 212 g/mol. The molecule has 1 unspecified atom stereocenters. The number of carbonyl (C=O) groups excluding carboxylic acids is 1. The van der Waals surface area contributed by atoms with E-state index in [0.717, 1.165) is 0 Å². The van der Waals surface area contributed by atoms with Gasteiger partial charge in [-0.05, 0) is 0 Å². The van der Waals surface area contributed by atoms with Gasteiger partial charge in [-0.2, -0.15) is 8.42 Å². The van der Waals surface area contributed by atoms with Gasteiger partial charge in [-0.15, -0.1) is 0 Å². The highest BCUT2D eigenvalue weighted by Gasteiger charge is 2.13. The smallest absolute Gasteiger partial charge is 0.267 e. The number of hydrogen-bond acceptors (Lipinski definition) is 5. The SMILES string of the molecule is NC(=O)CNCC(O)CS(=O)(=O)O. The van der Waals surface area contributed by atoms with Gasteiger partial charge in [0.05, 0.1) is 12.6 Å². The lowest BCUT2D eigenvalue weighted by molar-refractivity contribution is -0.117. The molecule has 78 valence electrons. The van der Waals surface area contributed by atoms with E-state index in [2.05, 4.69) is 5.32 Å². The molecule has 0 spiro atoms. The summed E-state index contributed by atoms with van der Waals surface area (Å²) in [6.07, 6.45) is -1.26. The van der Waals surface area contributed by atoms with Gasteiger partial charge in [-0.3, -0.25) is 9.35 Å². The van der Waals surface area contributed by atoms with E-state index < -0.39 is 27.9 Å². The number of rotatable bonds is 6. The Morgan fingerprint density at radius 1 is 1.54 bits per heavy atom. The molecule has 0 aliphatic carbocycles. The lowest BCUT2D eigenvalue weighted by atomic mass is 10.4. The van der Waals surface area contributed by atoms with E-state index in [1.807, 2.05) is 0 Å². The predicted octanol–water partition coefficient (Wildman–Crippen LogP) is -2.69. The van der Waals surface area contributed by atoms with Crippen molar-refractivity contribution in [2.45, 2.75) is 6.10 Å². The second-order valence-corrected chi connectivity index (χ2v) is 4.00. The summed E-state index contributed by atoms with van der Waals surface area (Å²) in [6, 6.07) is 0. The molecule has 0 heterocycles. The van der Waals surface area contributed by atoms with Crippen molar-refractivity contribution in [2.75, 3.05) is 18.8 Å². The van der Waals surface area contributed by atoms with Crippen LogP contribution in [0.3, 0.4) is 0 Å². The second kappa shape index (κ2) is 5.12. The quantitative estimate of drug-likeness (QED) is 0.355. The summed E-state index contributed by atoms with van der Waals surface area (Å²) in [6.45, 7) is -0.273. The molecule has 0 aromatic rings. The Morgan fingerprint density at radius 2 is 2.08 bits per heavy atom. The van der Waals surface area contributed by atoms with E-state index in [-0.39, 0.29) is 13.1 Å². The van der Waals surface area contributed by atoms with E-state index in [9.17, 15) is 13.2 Å². The van der Waals surface area contributed by atoms with Crippen LogP contribution in [0, 0.1) is 0 Å². The molecular formula is C5H12N2O5S. The number of aliphatic hydroxyl groups excluding tert-OH is 1. The number of nitrogens with two attached hydrogens (primary N) is 1. The second-order valence-electron chi connectivity index (χ2n) is 2.50. The third-order valence-electron chi connectivity index (χ3n) is 1.08. The molecule has 7 nitrogen and oxygen atoms in total. The Bertz CT molecular complexity index is 262. The van der Waals surface area contributed by atoms with Crippen LogP contribution in [-0.2, 0) is 14.9 Å². The van der Waals surface area contributed by atoms with Crippen LogP contribution >= 0.6 is 0 Å². The van der Waals surface area contributed by atoms with E-state index >= 15 is 0 Å². The van der Waals surface area contributed by atoms with Crippen molar-refractivity contribution in [1.82, 2.24) is 5.32 Å². The standard InChI is InChI=1S/C5H12N2O5S/c6-5(9)2-7-1-4(8)3-13(10,11)12/h4,7-8H,1-3H2,(H2,6,9)(H,10,11,12). The van der Waals surface area contributed by atoms with Gasteiger partial charge in [0.2, 0.25) is 5.91 Å². The molecular weight excluding hydrogens is 200 g/mol. The maximum atomic E-state index is 10.2. The van der Waals surface area contributed by atoms with Crippen molar-refractivity contribution in [3.63, 3.8) is 0 Å². The molecule has 0 saturated carbocycles. The van der Waals surface area contributed by atoms with Crippen molar-refractivity contribution < 1.29 is 22.9 Å². The minimum Gasteiger partial charge on any atom is -0.391 e. The Kier molecular flexibility index (Phi) is 4.85. The van der Waals surface area contributed by atoms with Crippen LogP contribution in [0.15, 0.2) is 0 Å². The van der Waals surface area contributed by atoms with Crippen LogP contribution in [-0.4, -0.2) is 48.9 Å². The van der Waals surface area contributed by atoms with Gasteiger partial charge in [0.25, 0.3) is 10.1 Å². The Balaban J connectivity index is 3.64. The number of carbonyl (C=O) groups is 1. The minimum absolute atomic E-state index is 0.122. The first kappa shape index (κ1) is 12.3. The first-order chi connectivity index (χ1) is 5.81. The van der Waals surface area contributed by atoms with Gasteiger partial charge in [0, 0.05) is 6.54 Å². The van der Waals surface area contributed by atoms with Crippen LogP contribution < -0.4 is 11.1 Å². The fourth-order valence-electron chi connectivity index (χ4n) is 0.664. The van der Waals surface area contributed by atoms with Crippen LogP contribution in [0.25, 0.3) is 0 Å². The van der Waals surface area contributed by atoms with Crippen molar-refractivity contribution in [3.05, 3.63) is 0 Å². The molecule has 0 aliphatic rings. The van der Waals surface area contributed by atoms with Crippen molar-refractivity contribution in [3.8, 4) is 0 Å². The average molecular weight is 212 g/mol. The summed E-state index contributed by atoms with van der Waals surface area (Å²) >= 11 is 0. The fraction of sp³-hybridized carbons (Fsp3) is 0.800. The lowest BCUT2D eigenvalue weighted by Crippen LogP contribution is -2.37. The van der Waals surface area contributed by atoms with Crippen LogP contribution in [0.5, 0.6) is 0 Å². The average Bonchev–Trinajstić information content (AvgIpc) is 1.81. The third-order valence-corrected chi connectivity index (χ3v) is 1.89. The summed E-state index contributed by atoms with van der Waals surface area (Å²) in [7, 11) is -4.18. The Morgan fingerprint density at radius 3 is 2.46 bits per heavy atom. The highest BCUT2D eigenvalue weighted by molar-refractivity contribution is 7.85. The summed E-state index contributed by atoms with van der Waals surface area (Å²) < 4.78 is 28.7. The lowest BCUT2D eigenvalue weighted by Gasteiger charge is -2.08. The zero-order valence-electron chi connectivity index (χ0n) is 6.80. The maximum absolute atomic E-state index is 10.2. The van der Waals surface area contributed by atoms with E-state index in [0.29, 0.717) is 0 Å². The van der Waals surface area contributed by atoms with Crippen LogP contribution in [0.4, 0.5) is 0 Å². The first-order valence-electron chi connectivity index (χ1n) is 3.43. The van der Waals surface area contributed by atoms with Crippen LogP contribution in [0.2, 0.25) is 0 Å². The van der Waals surface area contributed by atoms with Gasteiger partial charge in [-0.1, -0.05) is 0 Å². The van der Waals surface area contributed by atoms with E-state index in [1.54, 1.807) is 0 Å². The van der Waals surface area contributed by atoms with Crippen LogP contribution in [0.1, 0.15) is 0 Å². The molecule has 0 aromatic carbocycles. The minimum atomic E-state index is -4.18. The molecule has 5 N–H and O–H groups in total. The van der Waals surface area contributed by atoms with Gasteiger partial charge < -0.3 is 16.2 Å². The number of amides is 1. The number of nitrogens with one attached hydrogen (secondary N) is 1. The molecule has 0 rings (SSSR count). The summed E-state index contributed by atoms with van der Waals surface area (Å²) in [5, 5.41) is 11.4. The van der Waals surface area contributed by atoms with Gasteiger partial charge in [-0.25, -0.2) is 0 Å². The summed E-state index contributed by atoms with van der Waals surface area (Å²) in [5.41, 5.74) is 4.76. The van der Waals surface area contributed by atoms with Gasteiger partial charge >= 0.3 is 0 Å². The highest BCUT2D eigenvalue weighted by Crippen LogP contribution is 1.88. The van der Waals surface area contributed by atoms with Crippen molar-refractivity contribution in [1.29, 1.82) is 0 Å². The number of hydrogen-bond donors (Lipinski definition) is 4. The maximum Gasteiger partial charge on any atom is 0.267 e. The molecule has 0 radical (unpaired) electrons. The predicted molar refractivity (Wildman–Crippen MR) is 44.5 cm³/mol. The first-order valence-corrected chi connectivity index (χ1v) is 5.04. The van der Waals surface area contributed by atoms with Crippen molar-refractivity contribution >= 4 is 16.0 Å². The van der Waals surface area contributed by atoms with Gasteiger partial charge in [0.15, 0.2) is 0 Å². The Hall–Kier alpha value is -0.700.